The first-order chi connectivity index (χ1) is 12.6. The van der Waals surface area contributed by atoms with E-state index in [1.165, 1.54) is 0 Å². The number of carbonyl (C=O) groups excluding carboxylic acids is 2. The number of nitrogens with zero attached hydrogens (tertiary/aromatic N) is 2. The van der Waals surface area contributed by atoms with Gasteiger partial charge in [-0.3, -0.25) is 14.5 Å². The standard InChI is InChI=1S/C18H17N3O5/c1-10-7-13(20-26-10)21-9-18-5-4-12(25-18)14(15(18)17(21)23)16(22)19-8-11-3-2-6-24-11/h2-7,12,14-15H,8-9H2,1H3,(H,19,22)/t12-,14?,15?,18+/m1/s1. The van der Waals surface area contributed by atoms with E-state index < -0.39 is 17.4 Å². The largest absolute Gasteiger partial charge is 0.467 e. The van der Waals surface area contributed by atoms with Crippen molar-refractivity contribution in [1.29, 1.82) is 0 Å². The highest BCUT2D eigenvalue weighted by Crippen LogP contribution is 2.52. The van der Waals surface area contributed by atoms with Crippen molar-refractivity contribution < 1.29 is 23.3 Å². The molecule has 1 N–H and O–H groups in total. The van der Waals surface area contributed by atoms with Crippen LogP contribution >= 0.6 is 0 Å². The minimum atomic E-state index is -0.776. The smallest absolute Gasteiger partial charge is 0.235 e. The van der Waals surface area contributed by atoms with Gasteiger partial charge in [-0.05, 0) is 19.1 Å². The molecule has 8 nitrogen and oxygen atoms in total. The Bertz CT molecular complexity index is 902. The van der Waals surface area contributed by atoms with E-state index in [4.69, 9.17) is 13.7 Å². The number of nitrogens with one attached hydrogen (secondary N) is 1. The highest BCUT2D eigenvalue weighted by molar-refractivity contribution is 6.02. The number of aromatic nitrogens is 1. The van der Waals surface area contributed by atoms with Crippen LogP contribution in [0.15, 0.2) is 45.6 Å². The average molecular weight is 355 g/mol. The SMILES string of the molecule is Cc1cc(N2C[C@]34C=C[C@@H](O3)C(C(=O)NCc3ccco3)C4C2=O)no1. The Balaban J connectivity index is 1.40. The summed E-state index contributed by atoms with van der Waals surface area (Å²) in [5.41, 5.74) is -0.776. The van der Waals surface area contributed by atoms with Gasteiger partial charge in [0.25, 0.3) is 0 Å². The third-order valence-electron chi connectivity index (χ3n) is 5.31. The van der Waals surface area contributed by atoms with Gasteiger partial charge >= 0.3 is 0 Å². The molecule has 8 heteroatoms. The normalized spacial score (nSPS) is 31.7. The number of anilines is 1. The molecule has 26 heavy (non-hydrogen) atoms. The van der Waals surface area contributed by atoms with Crippen molar-refractivity contribution in [3.8, 4) is 0 Å². The van der Waals surface area contributed by atoms with Gasteiger partial charge in [-0.1, -0.05) is 17.3 Å². The molecule has 1 spiro atoms. The van der Waals surface area contributed by atoms with Crippen LogP contribution in [0.2, 0.25) is 0 Å². The minimum absolute atomic E-state index is 0.164. The molecule has 2 aromatic rings. The molecule has 2 bridgehead atoms. The van der Waals surface area contributed by atoms with Gasteiger partial charge in [0.1, 0.15) is 17.1 Å². The highest BCUT2D eigenvalue weighted by atomic mass is 16.5. The van der Waals surface area contributed by atoms with Crippen LogP contribution in [0.25, 0.3) is 0 Å². The van der Waals surface area contributed by atoms with Gasteiger partial charge in [-0.2, -0.15) is 0 Å². The number of carbonyl (C=O) groups is 2. The van der Waals surface area contributed by atoms with E-state index in [0.717, 1.165) is 0 Å². The molecule has 5 rings (SSSR count). The summed E-state index contributed by atoms with van der Waals surface area (Å²) in [7, 11) is 0. The maximum atomic E-state index is 13.1. The second kappa shape index (κ2) is 5.31. The van der Waals surface area contributed by atoms with E-state index in [0.29, 0.717) is 23.9 Å². The Morgan fingerprint density at radius 3 is 3.12 bits per heavy atom. The monoisotopic (exact) mass is 355 g/mol. The van der Waals surface area contributed by atoms with Crippen molar-refractivity contribution >= 4 is 17.6 Å². The molecule has 5 heterocycles. The maximum Gasteiger partial charge on any atom is 0.235 e. The zero-order valence-corrected chi connectivity index (χ0v) is 14.0. The van der Waals surface area contributed by atoms with Crippen LogP contribution in [0, 0.1) is 18.8 Å². The summed E-state index contributed by atoms with van der Waals surface area (Å²) < 4.78 is 16.4. The number of amides is 2. The first-order valence-corrected chi connectivity index (χ1v) is 8.49. The molecule has 134 valence electrons. The van der Waals surface area contributed by atoms with Crippen molar-refractivity contribution in [1.82, 2.24) is 10.5 Å². The summed E-state index contributed by atoms with van der Waals surface area (Å²) in [4.78, 5) is 27.4. The molecule has 2 saturated heterocycles. The molecule has 2 unspecified atom stereocenters. The number of furan rings is 1. The number of hydrogen-bond acceptors (Lipinski definition) is 6. The van der Waals surface area contributed by atoms with Crippen LogP contribution in [0.1, 0.15) is 11.5 Å². The van der Waals surface area contributed by atoms with Crippen molar-refractivity contribution in [3.63, 3.8) is 0 Å². The van der Waals surface area contributed by atoms with E-state index >= 15 is 0 Å². The van der Waals surface area contributed by atoms with E-state index in [-0.39, 0.29) is 24.5 Å². The Morgan fingerprint density at radius 1 is 1.50 bits per heavy atom. The summed E-state index contributed by atoms with van der Waals surface area (Å²) in [5.74, 6) is 0.219. The zero-order chi connectivity index (χ0) is 17.9. The van der Waals surface area contributed by atoms with Crippen LogP contribution in [0.3, 0.4) is 0 Å². The maximum absolute atomic E-state index is 13.1. The molecule has 3 aliphatic heterocycles. The van der Waals surface area contributed by atoms with Crippen molar-refractivity contribution in [2.75, 3.05) is 11.4 Å². The summed E-state index contributed by atoms with van der Waals surface area (Å²) in [6, 6.07) is 5.25. The van der Waals surface area contributed by atoms with Crippen molar-refractivity contribution in [2.45, 2.75) is 25.2 Å². The lowest BCUT2D eigenvalue weighted by Crippen LogP contribution is -2.43. The number of fused-ring (bicyclic) bond motifs is 1. The lowest BCUT2D eigenvalue weighted by atomic mass is 9.77. The molecular formula is C18H17N3O5. The molecule has 0 aliphatic carbocycles. The van der Waals surface area contributed by atoms with Gasteiger partial charge in [-0.15, -0.1) is 0 Å². The predicted octanol–water partition coefficient (Wildman–Crippen LogP) is 1.18. The second-order valence-corrected chi connectivity index (χ2v) is 6.92. The third-order valence-corrected chi connectivity index (χ3v) is 5.31. The molecule has 4 atom stereocenters. The number of aryl methyl sites for hydroxylation is 1. The second-order valence-electron chi connectivity index (χ2n) is 6.92. The topological polar surface area (TPSA) is 97.8 Å². The van der Waals surface area contributed by atoms with Crippen molar-refractivity contribution in [3.05, 3.63) is 48.1 Å². The highest BCUT2D eigenvalue weighted by Gasteiger charge is 2.67. The molecule has 2 amide bonds. The first-order valence-electron chi connectivity index (χ1n) is 8.49. The lowest BCUT2D eigenvalue weighted by molar-refractivity contribution is -0.132. The fourth-order valence-electron chi connectivity index (χ4n) is 4.18. The summed E-state index contributed by atoms with van der Waals surface area (Å²) >= 11 is 0. The molecular weight excluding hydrogens is 338 g/mol. The quantitative estimate of drug-likeness (QED) is 0.827. The van der Waals surface area contributed by atoms with Crippen LogP contribution in [0.4, 0.5) is 5.82 Å². The van der Waals surface area contributed by atoms with E-state index in [9.17, 15) is 9.59 Å². The van der Waals surface area contributed by atoms with E-state index in [2.05, 4.69) is 10.5 Å². The molecule has 0 saturated carbocycles. The van der Waals surface area contributed by atoms with Crippen LogP contribution in [-0.4, -0.2) is 35.2 Å². The first kappa shape index (κ1) is 15.4. The molecule has 2 aromatic heterocycles. The number of rotatable bonds is 4. The van der Waals surface area contributed by atoms with Gasteiger partial charge < -0.3 is 19.0 Å². The predicted molar refractivity (Wildman–Crippen MR) is 87.9 cm³/mol. The fraction of sp³-hybridized carbons (Fsp3) is 0.389. The summed E-state index contributed by atoms with van der Waals surface area (Å²) in [5, 5.41) is 6.78. The van der Waals surface area contributed by atoms with Crippen LogP contribution in [0.5, 0.6) is 0 Å². The number of hydrogen-bond donors (Lipinski definition) is 1. The zero-order valence-electron chi connectivity index (χ0n) is 14.0. The van der Waals surface area contributed by atoms with Gasteiger partial charge in [0, 0.05) is 6.07 Å². The van der Waals surface area contributed by atoms with Crippen LogP contribution in [-0.2, 0) is 20.9 Å². The van der Waals surface area contributed by atoms with Gasteiger partial charge in [0.05, 0.1) is 37.3 Å². The third kappa shape index (κ3) is 2.08. The number of ether oxygens (including phenoxy) is 1. The average Bonchev–Trinajstić information content (AvgIpc) is 3.41. The van der Waals surface area contributed by atoms with Crippen LogP contribution < -0.4 is 10.2 Å². The van der Waals surface area contributed by atoms with Gasteiger partial charge in [0.2, 0.25) is 11.8 Å². The Labute approximate surface area is 148 Å². The minimum Gasteiger partial charge on any atom is -0.467 e. The Morgan fingerprint density at radius 2 is 2.38 bits per heavy atom. The fourth-order valence-corrected chi connectivity index (χ4v) is 4.18. The lowest BCUT2D eigenvalue weighted by Gasteiger charge is -2.23. The molecule has 0 aromatic carbocycles. The van der Waals surface area contributed by atoms with E-state index in [1.54, 1.807) is 36.3 Å². The van der Waals surface area contributed by atoms with E-state index in [1.807, 2.05) is 12.2 Å². The van der Waals surface area contributed by atoms with Gasteiger partial charge in [0.15, 0.2) is 5.82 Å². The van der Waals surface area contributed by atoms with Crippen molar-refractivity contribution in [2.24, 2.45) is 11.8 Å². The van der Waals surface area contributed by atoms with Gasteiger partial charge in [-0.25, -0.2) is 0 Å². The Kier molecular flexibility index (Phi) is 3.14. The Hall–Kier alpha value is -2.87. The molecule has 0 radical (unpaired) electrons. The molecule has 3 aliphatic rings. The summed E-state index contributed by atoms with van der Waals surface area (Å²) in [6.45, 7) is 2.37. The molecule has 2 fully saturated rings. The summed E-state index contributed by atoms with van der Waals surface area (Å²) in [6.07, 6.45) is 4.95.